The van der Waals surface area contributed by atoms with E-state index in [4.69, 9.17) is 0 Å². The zero-order chi connectivity index (χ0) is 14.1. The molecule has 0 saturated carbocycles. The van der Waals surface area contributed by atoms with Gasteiger partial charge in [-0.1, -0.05) is 0 Å². The number of amides is 1. The van der Waals surface area contributed by atoms with Crippen molar-refractivity contribution in [1.82, 2.24) is 0 Å². The molecule has 0 aliphatic heterocycles. The molecule has 0 aliphatic carbocycles. The van der Waals surface area contributed by atoms with Crippen LogP contribution in [0.5, 0.6) is 5.75 Å². The van der Waals surface area contributed by atoms with Gasteiger partial charge in [0.25, 0.3) is 5.91 Å². The molecule has 0 spiro atoms. The zero-order valence-corrected chi connectivity index (χ0v) is 8.35. The van der Waals surface area contributed by atoms with Crippen LogP contribution >= 0.6 is 0 Å². The highest BCUT2D eigenvalue weighted by molar-refractivity contribution is 5.93. The van der Waals surface area contributed by atoms with E-state index in [2.05, 4.69) is 10.5 Å². The second-order valence-electron chi connectivity index (χ2n) is 2.99. The van der Waals surface area contributed by atoms with Crippen molar-refractivity contribution in [1.29, 1.82) is 0 Å². The van der Waals surface area contributed by atoms with Gasteiger partial charge in [-0.2, -0.15) is 17.6 Å². The van der Waals surface area contributed by atoms with Gasteiger partial charge < -0.3 is 10.5 Å². The van der Waals surface area contributed by atoms with Crippen LogP contribution < -0.4 is 10.5 Å². The minimum absolute atomic E-state index is 0.488. The smallest absolute Gasteiger partial charge is 0.417 e. The van der Waals surface area contributed by atoms with Gasteiger partial charge in [-0.15, -0.1) is 0 Å². The topological polar surface area (TPSA) is 69.4 Å². The number of nitrogens with two attached hydrogens (primary N) is 1. The normalized spacial score (nSPS) is 11.2. The summed E-state index contributed by atoms with van der Waals surface area (Å²) in [7, 11) is 0. The molecule has 0 saturated heterocycles. The third-order valence-corrected chi connectivity index (χ3v) is 1.75. The summed E-state index contributed by atoms with van der Waals surface area (Å²) in [6.07, 6.45) is -5.36. The van der Waals surface area contributed by atoms with Crippen molar-refractivity contribution in [3.8, 4) is 5.75 Å². The second-order valence-corrected chi connectivity index (χ2v) is 2.99. The lowest BCUT2D eigenvalue weighted by Gasteiger charge is -2.08. The van der Waals surface area contributed by atoms with Gasteiger partial charge in [-0.3, -0.25) is 4.79 Å². The Hall–Kier alpha value is -2.19. The first-order chi connectivity index (χ1) is 8.14. The molecule has 0 atom stereocenters. The monoisotopic (exact) mass is 269 g/mol. The Morgan fingerprint density at radius 1 is 1.11 bits per heavy atom. The third-order valence-electron chi connectivity index (χ3n) is 1.75. The Kier molecular flexibility index (Phi) is 3.54. The summed E-state index contributed by atoms with van der Waals surface area (Å²) in [6, 6.07) is 1.09. The van der Waals surface area contributed by atoms with Gasteiger partial charge in [-0.05, 0) is 12.1 Å². The fourth-order valence-corrected chi connectivity index (χ4v) is 0.959. The Balaban J connectivity index is 3.11. The largest absolute Gasteiger partial charge is 0.491 e. The van der Waals surface area contributed by atoms with Crippen LogP contribution in [0.4, 0.5) is 22.0 Å². The molecular formula is C9H4F5NO3. The van der Waals surface area contributed by atoms with E-state index in [0.29, 0.717) is 12.1 Å². The van der Waals surface area contributed by atoms with Gasteiger partial charge >= 0.3 is 12.1 Å². The summed E-state index contributed by atoms with van der Waals surface area (Å²) < 4.78 is 65.3. The predicted octanol–water partition coefficient (Wildman–Crippen LogP) is 1.53. The van der Waals surface area contributed by atoms with Crippen LogP contribution in [0.1, 0.15) is 10.4 Å². The number of halogens is 5. The Morgan fingerprint density at radius 2 is 1.67 bits per heavy atom. The standard InChI is InChI=1S/C9H4F5NO3/c10-5-3(7(15)16)1-2-4(6(5)11)18-8(17)9(12,13)14/h1-2H,(H2,15,16). The second kappa shape index (κ2) is 4.59. The quantitative estimate of drug-likeness (QED) is 0.503. The van der Waals surface area contributed by atoms with E-state index in [-0.39, 0.29) is 0 Å². The predicted molar refractivity (Wildman–Crippen MR) is 46.6 cm³/mol. The summed E-state index contributed by atoms with van der Waals surface area (Å²) in [6.45, 7) is 0. The summed E-state index contributed by atoms with van der Waals surface area (Å²) in [5.41, 5.74) is 3.80. The average molecular weight is 269 g/mol. The van der Waals surface area contributed by atoms with Gasteiger partial charge in [0.15, 0.2) is 11.6 Å². The molecule has 1 amide bonds. The van der Waals surface area contributed by atoms with E-state index in [1.54, 1.807) is 0 Å². The molecule has 0 bridgehead atoms. The molecule has 1 aromatic carbocycles. The summed E-state index contributed by atoms with van der Waals surface area (Å²) in [4.78, 5) is 21.0. The van der Waals surface area contributed by atoms with Crippen LogP contribution in [0.15, 0.2) is 12.1 Å². The number of esters is 1. The molecule has 0 heterocycles. The van der Waals surface area contributed by atoms with E-state index in [1.807, 2.05) is 0 Å². The van der Waals surface area contributed by atoms with Crippen molar-refractivity contribution in [2.45, 2.75) is 6.18 Å². The number of carbonyl (C=O) groups excluding carboxylic acids is 2. The highest BCUT2D eigenvalue weighted by Gasteiger charge is 2.42. The lowest BCUT2D eigenvalue weighted by molar-refractivity contribution is -0.189. The van der Waals surface area contributed by atoms with Crippen LogP contribution in [0.25, 0.3) is 0 Å². The molecule has 0 unspecified atom stereocenters. The first-order valence-electron chi connectivity index (χ1n) is 4.21. The number of primary amides is 1. The molecule has 1 rings (SSSR count). The number of benzene rings is 1. The fourth-order valence-electron chi connectivity index (χ4n) is 0.959. The molecular weight excluding hydrogens is 265 g/mol. The number of carbonyl (C=O) groups is 2. The van der Waals surface area contributed by atoms with E-state index in [0.717, 1.165) is 0 Å². The summed E-state index contributed by atoms with van der Waals surface area (Å²) >= 11 is 0. The molecule has 98 valence electrons. The molecule has 18 heavy (non-hydrogen) atoms. The highest BCUT2D eigenvalue weighted by atomic mass is 19.4. The lowest BCUT2D eigenvalue weighted by atomic mass is 10.2. The maximum Gasteiger partial charge on any atom is 0.491 e. The van der Waals surface area contributed by atoms with E-state index in [1.165, 1.54) is 0 Å². The van der Waals surface area contributed by atoms with Crippen LogP contribution in [0, 0.1) is 11.6 Å². The molecule has 0 fully saturated rings. The molecule has 0 radical (unpaired) electrons. The van der Waals surface area contributed by atoms with Crippen molar-refractivity contribution in [3.05, 3.63) is 29.3 Å². The number of alkyl halides is 3. The van der Waals surface area contributed by atoms with Crippen LogP contribution in [0.2, 0.25) is 0 Å². The maximum absolute atomic E-state index is 13.1. The van der Waals surface area contributed by atoms with E-state index >= 15 is 0 Å². The Bertz CT molecular complexity index is 512. The Morgan fingerprint density at radius 3 is 2.11 bits per heavy atom. The van der Waals surface area contributed by atoms with Gasteiger partial charge in [0.1, 0.15) is 0 Å². The number of rotatable bonds is 2. The average Bonchev–Trinajstić information content (AvgIpc) is 2.22. The SMILES string of the molecule is NC(=O)c1ccc(OC(=O)C(F)(F)F)c(F)c1F. The fraction of sp³-hybridized carbons (Fsp3) is 0.111. The molecule has 2 N–H and O–H groups in total. The molecule has 1 aromatic rings. The van der Waals surface area contributed by atoms with E-state index in [9.17, 15) is 31.5 Å². The maximum atomic E-state index is 13.1. The molecule has 0 aliphatic rings. The van der Waals surface area contributed by atoms with E-state index < -0.39 is 41.0 Å². The Labute approximate surface area is 96.1 Å². The van der Waals surface area contributed by atoms with Gasteiger partial charge in [0.05, 0.1) is 5.56 Å². The first-order valence-corrected chi connectivity index (χ1v) is 4.21. The molecule has 9 heteroatoms. The van der Waals surface area contributed by atoms with Crippen LogP contribution in [-0.2, 0) is 4.79 Å². The van der Waals surface area contributed by atoms with Gasteiger partial charge in [-0.25, -0.2) is 9.18 Å². The molecule has 0 aromatic heterocycles. The van der Waals surface area contributed by atoms with Crippen molar-refractivity contribution < 1.29 is 36.3 Å². The highest BCUT2D eigenvalue weighted by Crippen LogP contribution is 2.25. The van der Waals surface area contributed by atoms with Crippen molar-refractivity contribution >= 4 is 11.9 Å². The number of hydrogen-bond acceptors (Lipinski definition) is 3. The van der Waals surface area contributed by atoms with Crippen molar-refractivity contribution in [2.75, 3.05) is 0 Å². The van der Waals surface area contributed by atoms with Crippen molar-refractivity contribution in [3.63, 3.8) is 0 Å². The van der Waals surface area contributed by atoms with Gasteiger partial charge in [0.2, 0.25) is 5.82 Å². The minimum Gasteiger partial charge on any atom is -0.417 e. The van der Waals surface area contributed by atoms with Crippen molar-refractivity contribution in [2.24, 2.45) is 5.73 Å². The van der Waals surface area contributed by atoms with Gasteiger partial charge in [0, 0.05) is 0 Å². The minimum atomic E-state index is -5.36. The number of ether oxygens (including phenoxy) is 1. The van der Waals surface area contributed by atoms with Crippen LogP contribution in [0.3, 0.4) is 0 Å². The summed E-state index contributed by atoms with van der Waals surface area (Å²) in [5.74, 6) is -9.04. The lowest BCUT2D eigenvalue weighted by Crippen LogP contribution is -2.28. The van der Waals surface area contributed by atoms with Crippen LogP contribution in [-0.4, -0.2) is 18.1 Å². The first kappa shape index (κ1) is 13.9. The number of hydrogen-bond donors (Lipinski definition) is 1. The third kappa shape index (κ3) is 2.73. The zero-order valence-electron chi connectivity index (χ0n) is 8.35. The summed E-state index contributed by atoms with van der Waals surface area (Å²) in [5, 5.41) is 0. The molecule has 4 nitrogen and oxygen atoms in total.